The lowest BCUT2D eigenvalue weighted by Crippen LogP contribution is -2.46. The molecule has 3 heteroatoms. The maximum Gasteiger partial charge on any atom is 0.306 e. The van der Waals surface area contributed by atoms with Gasteiger partial charge in [-0.05, 0) is 20.8 Å². The van der Waals surface area contributed by atoms with Crippen LogP contribution < -0.4 is 5.19 Å². The highest BCUT2D eigenvalue weighted by Crippen LogP contribution is 2.26. The van der Waals surface area contributed by atoms with Gasteiger partial charge >= 0.3 is 5.97 Å². The Morgan fingerprint density at radius 1 is 1.24 bits per heavy atom. The predicted octanol–water partition coefficient (Wildman–Crippen LogP) is 3.58. The monoisotopic (exact) mass is 302 g/mol. The molecule has 0 saturated carbocycles. The van der Waals surface area contributed by atoms with E-state index in [1.165, 1.54) is 12.3 Å². The minimum Gasteiger partial charge on any atom is -0.469 e. The van der Waals surface area contributed by atoms with Crippen LogP contribution in [0.15, 0.2) is 30.3 Å². The van der Waals surface area contributed by atoms with E-state index in [2.05, 4.69) is 70.0 Å². The third kappa shape index (κ3) is 5.39. The van der Waals surface area contributed by atoms with Gasteiger partial charge in [0.1, 0.15) is 0 Å². The smallest absolute Gasteiger partial charge is 0.306 e. The molecule has 21 heavy (non-hydrogen) atoms. The Bertz CT molecular complexity index is 530. The lowest BCUT2D eigenvalue weighted by molar-refractivity contribution is -0.140. The SMILES string of the molecule is COC(=O)C[C@H](C#CC(C)(C)C)[Si](C)(C)c1ccccc1. The highest BCUT2D eigenvalue weighted by atomic mass is 28.3. The van der Waals surface area contributed by atoms with Crippen LogP contribution in [0.4, 0.5) is 0 Å². The van der Waals surface area contributed by atoms with Crippen molar-refractivity contribution in [3.05, 3.63) is 30.3 Å². The van der Waals surface area contributed by atoms with Gasteiger partial charge in [0.15, 0.2) is 0 Å². The molecule has 1 aromatic carbocycles. The molecule has 1 rings (SSSR count). The van der Waals surface area contributed by atoms with Crippen LogP contribution in [0.5, 0.6) is 0 Å². The molecule has 0 radical (unpaired) electrons. The largest absolute Gasteiger partial charge is 0.469 e. The number of ether oxygens (including phenoxy) is 1. The first-order valence-corrected chi connectivity index (χ1v) is 10.4. The zero-order chi connectivity index (χ0) is 16.1. The lowest BCUT2D eigenvalue weighted by atomic mass is 9.98. The van der Waals surface area contributed by atoms with Crippen molar-refractivity contribution in [2.75, 3.05) is 7.11 Å². The molecule has 1 aromatic rings. The molecule has 0 bridgehead atoms. The summed E-state index contributed by atoms with van der Waals surface area (Å²) in [5, 5.41) is 1.32. The number of carbonyl (C=O) groups excluding carboxylic acids is 1. The van der Waals surface area contributed by atoms with E-state index in [9.17, 15) is 4.79 Å². The van der Waals surface area contributed by atoms with Crippen LogP contribution in [-0.4, -0.2) is 21.2 Å². The van der Waals surface area contributed by atoms with Crippen LogP contribution >= 0.6 is 0 Å². The molecule has 0 unspecified atom stereocenters. The zero-order valence-corrected chi connectivity index (χ0v) is 15.0. The molecule has 0 spiro atoms. The summed E-state index contributed by atoms with van der Waals surface area (Å²) in [5.41, 5.74) is 0.00166. The number of carbonyl (C=O) groups is 1. The highest BCUT2D eigenvalue weighted by Gasteiger charge is 2.34. The normalized spacial score (nSPS) is 13.0. The Labute approximate surface area is 129 Å². The molecule has 114 valence electrons. The van der Waals surface area contributed by atoms with Gasteiger partial charge in [0, 0.05) is 11.0 Å². The molecule has 0 heterocycles. The average Bonchev–Trinajstić information content (AvgIpc) is 2.42. The highest BCUT2D eigenvalue weighted by molar-refractivity contribution is 6.91. The van der Waals surface area contributed by atoms with Crippen molar-refractivity contribution < 1.29 is 9.53 Å². The summed E-state index contributed by atoms with van der Waals surface area (Å²) in [7, 11) is -0.424. The standard InChI is InChI=1S/C18H26O2Si/c1-18(2,3)13-12-16(14-17(19)20-4)21(5,6)15-10-8-7-9-11-15/h7-11,16H,14H2,1-6H3/t16-/m0/s1. The fraction of sp³-hybridized carbons (Fsp3) is 0.500. The lowest BCUT2D eigenvalue weighted by Gasteiger charge is -2.29. The second kappa shape index (κ2) is 6.95. The van der Waals surface area contributed by atoms with Crippen molar-refractivity contribution in [1.29, 1.82) is 0 Å². The summed E-state index contributed by atoms with van der Waals surface area (Å²) in [5.74, 6) is 6.50. The number of rotatable bonds is 4. The maximum absolute atomic E-state index is 11.8. The van der Waals surface area contributed by atoms with Gasteiger partial charge in [-0.3, -0.25) is 4.79 Å². The van der Waals surface area contributed by atoms with E-state index in [-0.39, 0.29) is 16.9 Å². The van der Waals surface area contributed by atoms with Gasteiger partial charge in [-0.2, -0.15) is 0 Å². The van der Waals surface area contributed by atoms with Crippen molar-refractivity contribution in [3.63, 3.8) is 0 Å². The fourth-order valence-corrected chi connectivity index (χ4v) is 4.67. The molecule has 2 nitrogen and oxygen atoms in total. The third-order valence-electron chi connectivity index (χ3n) is 3.61. The van der Waals surface area contributed by atoms with Crippen molar-refractivity contribution in [2.24, 2.45) is 5.41 Å². The number of hydrogen-bond donors (Lipinski definition) is 0. The molecule has 1 atom stereocenters. The Morgan fingerprint density at radius 3 is 2.29 bits per heavy atom. The van der Waals surface area contributed by atoms with Crippen molar-refractivity contribution in [3.8, 4) is 11.8 Å². The fourth-order valence-electron chi connectivity index (χ4n) is 2.11. The summed E-state index contributed by atoms with van der Waals surface area (Å²) in [6.45, 7) is 10.8. The Balaban J connectivity index is 3.15. The molecule has 0 fully saturated rings. The molecule has 0 aliphatic carbocycles. The summed E-state index contributed by atoms with van der Waals surface area (Å²) >= 11 is 0. The van der Waals surface area contributed by atoms with Crippen LogP contribution in [0.25, 0.3) is 0 Å². The van der Waals surface area contributed by atoms with Gasteiger partial charge < -0.3 is 4.74 Å². The average molecular weight is 302 g/mol. The van der Waals surface area contributed by atoms with Gasteiger partial charge in [-0.15, -0.1) is 5.92 Å². The molecule has 0 aliphatic heterocycles. The topological polar surface area (TPSA) is 26.3 Å². The second-order valence-electron chi connectivity index (χ2n) is 6.94. The zero-order valence-electron chi connectivity index (χ0n) is 14.0. The number of benzene rings is 1. The van der Waals surface area contributed by atoms with E-state index in [0.717, 1.165) is 0 Å². The van der Waals surface area contributed by atoms with E-state index in [1.807, 2.05) is 6.07 Å². The predicted molar refractivity (Wildman–Crippen MR) is 91.2 cm³/mol. The Hall–Kier alpha value is -1.53. The molecule has 0 saturated heterocycles. The van der Waals surface area contributed by atoms with Crippen LogP contribution in [-0.2, 0) is 9.53 Å². The van der Waals surface area contributed by atoms with Crippen LogP contribution in [0.1, 0.15) is 27.2 Å². The minimum atomic E-state index is -1.86. The van der Waals surface area contributed by atoms with E-state index in [0.29, 0.717) is 6.42 Å². The minimum absolute atomic E-state index is 0.0600. The summed E-state index contributed by atoms with van der Waals surface area (Å²) < 4.78 is 4.86. The van der Waals surface area contributed by atoms with Gasteiger partial charge in [0.25, 0.3) is 0 Å². The second-order valence-corrected chi connectivity index (χ2v) is 11.7. The van der Waals surface area contributed by atoms with E-state index < -0.39 is 8.07 Å². The number of esters is 1. The van der Waals surface area contributed by atoms with Crippen LogP contribution in [0.3, 0.4) is 0 Å². The Kier molecular flexibility index (Phi) is 5.80. The van der Waals surface area contributed by atoms with E-state index in [1.54, 1.807) is 0 Å². The van der Waals surface area contributed by atoms with Gasteiger partial charge in [0.05, 0.1) is 21.6 Å². The van der Waals surface area contributed by atoms with Crippen molar-refractivity contribution in [1.82, 2.24) is 0 Å². The molecule has 0 aromatic heterocycles. The summed E-state index contributed by atoms with van der Waals surface area (Å²) in [6, 6.07) is 10.4. The molecular weight excluding hydrogens is 276 g/mol. The van der Waals surface area contributed by atoms with Gasteiger partial charge in [0.2, 0.25) is 0 Å². The van der Waals surface area contributed by atoms with Gasteiger partial charge in [-0.25, -0.2) is 0 Å². The third-order valence-corrected chi connectivity index (χ3v) is 7.52. The Morgan fingerprint density at radius 2 is 1.81 bits per heavy atom. The van der Waals surface area contributed by atoms with E-state index >= 15 is 0 Å². The van der Waals surface area contributed by atoms with Crippen molar-refractivity contribution in [2.45, 2.75) is 45.8 Å². The van der Waals surface area contributed by atoms with Crippen LogP contribution in [0, 0.1) is 17.3 Å². The van der Waals surface area contributed by atoms with Crippen molar-refractivity contribution >= 4 is 19.2 Å². The number of hydrogen-bond acceptors (Lipinski definition) is 2. The molecular formula is C18H26O2Si. The first-order valence-electron chi connectivity index (χ1n) is 7.32. The first-order chi connectivity index (χ1) is 9.66. The summed E-state index contributed by atoms with van der Waals surface area (Å²) in [6.07, 6.45) is 0.369. The molecule has 0 N–H and O–H groups in total. The van der Waals surface area contributed by atoms with Crippen LogP contribution in [0.2, 0.25) is 18.6 Å². The molecule has 0 amide bonds. The molecule has 0 aliphatic rings. The summed E-state index contributed by atoms with van der Waals surface area (Å²) in [4.78, 5) is 11.8. The maximum atomic E-state index is 11.8. The van der Waals surface area contributed by atoms with E-state index in [4.69, 9.17) is 4.74 Å². The first kappa shape index (κ1) is 17.5. The van der Waals surface area contributed by atoms with Gasteiger partial charge in [-0.1, -0.05) is 54.5 Å². The number of methoxy groups -OCH3 is 1. The quantitative estimate of drug-likeness (QED) is 0.483.